The lowest BCUT2D eigenvalue weighted by Gasteiger charge is -2.24. The molecule has 0 aliphatic carbocycles. The smallest absolute Gasteiger partial charge is 0.385 e. The number of rotatable bonds is 8. The van der Waals surface area contributed by atoms with Crippen molar-refractivity contribution in [1.82, 2.24) is 9.55 Å². The molecule has 1 saturated heterocycles. The number of aromatic amines is 1. The predicted molar refractivity (Wildman–Crippen MR) is 99.6 cm³/mol. The van der Waals surface area contributed by atoms with Gasteiger partial charge in [-0.1, -0.05) is 18.1 Å². The minimum Gasteiger partial charge on any atom is -0.385 e. The van der Waals surface area contributed by atoms with Crippen LogP contribution in [0.3, 0.4) is 0 Å². The number of nitrogens with one attached hydrogen (secondary N) is 1. The summed E-state index contributed by atoms with van der Waals surface area (Å²) in [6.45, 7) is -1.88. The molecule has 16 nitrogen and oxygen atoms in total. The fourth-order valence-electron chi connectivity index (χ4n) is 2.18. The Labute approximate surface area is 183 Å². The van der Waals surface area contributed by atoms with Crippen molar-refractivity contribution in [3.8, 4) is 12.3 Å². The van der Waals surface area contributed by atoms with Gasteiger partial charge in [0.05, 0.1) is 6.93 Å². The molecule has 2 rings (SSSR count). The van der Waals surface area contributed by atoms with E-state index < -0.39 is 60.0 Å². The molecule has 7 N–H and O–H groups in total. The number of H-pyrrole nitrogens is 1. The normalized spacial score (nSPS) is 32.5. The first-order chi connectivity index (χ1) is 14.8. The Hall–Kier alpha value is -1.12. The summed E-state index contributed by atoms with van der Waals surface area (Å²) < 4.78 is 72.3. The van der Waals surface area contributed by atoms with Crippen LogP contribution in [0, 0.1) is 17.0 Å². The van der Waals surface area contributed by atoms with Crippen molar-refractivity contribution in [3.63, 3.8) is 0 Å². The van der Waals surface area contributed by atoms with Gasteiger partial charge < -0.3 is 34.5 Å². The molecule has 2 heterocycles. The summed E-state index contributed by atoms with van der Waals surface area (Å²) in [5.74, 6) is -1.69. The van der Waals surface area contributed by atoms with Crippen LogP contribution in [0.1, 0.15) is 13.1 Å². The molecule has 1 aromatic rings. The third kappa shape index (κ3) is 6.48. The first-order valence-corrected chi connectivity index (χ1v) is 12.5. The maximum absolute atomic E-state index is 15.1. The second-order valence-electron chi connectivity index (χ2n) is 5.80. The SMILES string of the molecule is [2H][C@@]1(n2cc(C#C)c(=S)[nH]c2=O)O[C@](F)(COP(=O)(O)OP(=O)(O)OP(=O)(O)O)[C@@H](O)[C@H]1O. The molecule has 1 aliphatic heterocycles. The number of phosphoric acid groups is 3. The zero-order valence-corrected chi connectivity index (χ0v) is 18.5. The maximum atomic E-state index is 15.1. The Balaban J connectivity index is 2.30. The van der Waals surface area contributed by atoms with E-state index in [0.717, 1.165) is 6.20 Å². The average molecular weight is 543 g/mol. The third-order valence-corrected chi connectivity index (χ3v) is 7.55. The molecule has 1 fully saturated rings. The number of hydrogen-bond acceptors (Lipinski definition) is 11. The number of aliphatic hydroxyl groups excluding tert-OH is 2. The lowest BCUT2D eigenvalue weighted by Crippen LogP contribution is -2.43. The summed E-state index contributed by atoms with van der Waals surface area (Å²) in [5.41, 5.74) is -1.44. The van der Waals surface area contributed by atoms with Gasteiger partial charge in [-0.2, -0.15) is 8.62 Å². The molecule has 6 atom stereocenters. The molecule has 180 valence electrons. The van der Waals surface area contributed by atoms with E-state index in [4.69, 9.17) is 34.7 Å². The highest BCUT2D eigenvalue weighted by molar-refractivity contribution is 7.71. The van der Waals surface area contributed by atoms with E-state index in [9.17, 15) is 33.6 Å². The van der Waals surface area contributed by atoms with Crippen LogP contribution >= 0.6 is 35.7 Å². The molecule has 0 amide bonds. The van der Waals surface area contributed by atoms with Crippen LogP contribution in [-0.4, -0.2) is 64.0 Å². The van der Waals surface area contributed by atoms with Crippen molar-refractivity contribution in [2.24, 2.45) is 0 Å². The molecule has 1 aromatic heterocycles. The quantitative estimate of drug-likeness (QED) is 0.120. The molecule has 0 aromatic carbocycles. The second kappa shape index (κ2) is 9.26. The number of ether oxygens (including phenoxy) is 1. The maximum Gasteiger partial charge on any atom is 0.490 e. The van der Waals surface area contributed by atoms with E-state index >= 15 is 4.39 Å². The van der Waals surface area contributed by atoms with Gasteiger partial charge >= 0.3 is 29.2 Å². The zero-order chi connectivity index (χ0) is 25.6. The number of halogens is 1. The van der Waals surface area contributed by atoms with E-state index in [0.29, 0.717) is 0 Å². The van der Waals surface area contributed by atoms with Crippen molar-refractivity contribution in [3.05, 3.63) is 26.9 Å². The molecule has 0 radical (unpaired) electrons. The third-order valence-electron chi connectivity index (χ3n) is 3.44. The molecule has 0 saturated carbocycles. The average Bonchev–Trinajstić information content (AvgIpc) is 2.79. The second-order valence-corrected chi connectivity index (χ2v) is 10.6. The predicted octanol–water partition coefficient (Wildman–Crippen LogP) is -0.853. The lowest BCUT2D eigenvalue weighted by molar-refractivity contribution is -0.204. The summed E-state index contributed by atoms with van der Waals surface area (Å²) >= 11 is 4.77. The van der Waals surface area contributed by atoms with E-state index in [2.05, 4.69) is 17.9 Å². The van der Waals surface area contributed by atoms with Gasteiger partial charge in [0.1, 0.15) is 23.5 Å². The lowest BCUT2D eigenvalue weighted by atomic mass is 10.1. The molecule has 21 heteroatoms. The number of nitrogens with zero attached hydrogens (tertiary/aromatic N) is 1. The fourth-order valence-corrected chi connectivity index (χ4v) is 5.42. The van der Waals surface area contributed by atoms with Crippen LogP contribution in [0.4, 0.5) is 4.39 Å². The highest BCUT2D eigenvalue weighted by Gasteiger charge is 2.57. The van der Waals surface area contributed by atoms with Crippen LogP contribution in [0.15, 0.2) is 11.0 Å². The molecule has 2 unspecified atom stereocenters. The van der Waals surface area contributed by atoms with Gasteiger partial charge in [0.2, 0.25) is 0 Å². The largest absolute Gasteiger partial charge is 0.490 e. The van der Waals surface area contributed by atoms with Crippen molar-refractivity contribution < 1.29 is 67.1 Å². The van der Waals surface area contributed by atoms with E-state index in [1.165, 1.54) is 0 Å². The summed E-state index contributed by atoms with van der Waals surface area (Å²) in [5, 5.41) is 20.1. The van der Waals surface area contributed by atoms with Gasteiger partial charge in [-0.25, -0.2) is 22.9 Å². The number of alkyl halides is 1. The van der Waals surface area contributed by atoms with Gasteiger partial charge in [0.15, 0.2) is 6.20 Å². The molecule has 0 spiro atoms. The monoisotopic (exact) mass is 543 g/mol. The van der Waals surface area contributed by atoms with Gasteiger partial charge in [-0.05, 0) is 0 Å². The van der Waals surface area contributed by atoms with Gasteiger partial charge in [-0.3, -0.25) is 14.1 Å². The molecule has 1 aliphatic rings. The first kappa shape index (κ1) is 25.5. The van der Waals surface area contributed by atoms with E-state index in [1.807, 2.05) is 10.9 Å². The zero-order valence-electron chi connectivity index (χ0n) is 16.0. The van der Waals surface area contributed by atoms with Crippen molar-refractivity contribution in [1.29, 1.82) is 0 Å². The van der Waals surface area contributed by atoms with E-state index in [1.54, 1.807) is 0 Å². The number of phosphoric ester groups is 1. The number of aliphatic hydroxyl groups is 2. The summed E-state index contributed by atoms with van der Waals surface area (Å²) in [6, 6.07) is 0. The van der Waals surface area contributed by atoms with Gasteiger partial charge in [0, 0.05) is 6.20 Å². The summed E-state index contributed by atoms with van der Waals surface area (Å²) in [7, 11) is -17.5. The summed E-state index contributed by atoms with van der Waals surface area (Å²) in [6.07, 6.45) is -2.53. The topological polar surface area (TPSA) is 247 Å². The Morgan fingerprint density at radius 3 is 2.44 bits per heavy atom. The Morgan fingerprint density at radius 2 is 1.91 bits per heavy atom. The standard InChI is InChI=1S/C11H14FN2O14P3S/c1-2-5-3-14(10(17)13-8(5)32)9-6(15)7(16)11(12,26-9)4-25-30(21,22)28-31(23,24)27-29(18,19)20/h1,3,6-7,9,15-16H,4H2,(H,21,22)(H,23,24)(H,13,17,32)(H2,18,19,20)/t6-,7+,9-,11-/m1/s1/i9D. The highest BCUT2D eigenvalue weighted by atomic mass is 32.1. The molecule has 32 heavy (non-hydrogen) atoms. The van der Waals surface area contributed by atoms with Gasteiger partial charge in [0.25, 0.3) is 5.85 Å². The minimum atomic E-state index is -5.93. The molecular weight excluding hydrogens is 528 g/mol. The fraction of sp³-hybridized carbons (Fsp3) is 0.455. The molecular formula is C11H14FN2O14P3S. The van der Waals surface area contributed by atoms with Gasteiger partial charge in [-0.15, -0.1) is 6.42 Å². The Bertz CT molecular complexity index is 1240. The summed E-state index contributed by atoms with van der Waals surface area (Å²) in [4.78, 5) is 49.5. The van der Waals surface area contributed by atoms with E-state index in [-0.39, 0.29) is 14.8 Å². The van der Waals surface area contributed by atoms with Crippen LogP contribution < -0.4 is 5.69 Å². The highest BCUT2D eigenvalue weighted by Crippen LogP contribution is 2.66. The van der Waals surface area contributed by atoms with Crippen molar-refractivity contribution in [2.45, 2.75) is 24.3 Å². The van der Waals surface area contributed by atoms with Crippen LogP contribution in [0.2, 0.25) is 0 Å². The Kier molecular flexibility index (Phi) is 7.38. The van der Waals surface area contributed by atoms with Crippen molar-refractivity contribution >= 4 is 35.7 Å². The molecule has 0 bridgehead atoms. The number of aromatic nitrogens is 2. The Morgan fingerprint density at radius 1 is 1.31 bits per heavy atom. The van der Waals surface area contributed by atoms with Crippen LogP contribution in [0.25, 0.3) is 0 Å². The van der Waals surface area contributed by atoms with Crippen LogP contribution in [0.5, 0.6) is 0 Å². The first-order valence-electron chi connectivity index (χ1n) is 8.12. The number of hydrogen-bond donors (Lipinski definition) is 7. The van der Waals surface area contributed by atoms with Crippen molar-refractivity contribution in [2.75, 3.05) is 6.61 Å². The van der Waals surface area contributed by atoms with Crippen LogP contribution in [-0.2, 0) is 31.6 Å². The minimum absolute atomic E-state index is 0.203. The number of terminal acetylenes is 1.